The zero-order valence-electron chi connectivity index (χ0n) is 13.7. The molecule has 0 radical (unpaired) electrons. The van der Waals surface area contributed by atoms with Crippen LogP contribution in [0.5, 0.6) is 0 Å². The van der Waals surface area contributed by atoms with E-state index in [1.807, 2.05) is 18.2 Å². The molecule has 1 aromatic rings. The van der Waals surface area contributed by atoms with E-state index in [4.69, 9.17) is 22.1 Å². The van der Waals surface area contributed by atoms with Crippen molar-refractivity contribution in [3.8, 4) is 0 Å². The average molecular weight is 313 g/mol. The van der Waals surface area contributed by atoms with Gasteiger partial charge >= 0.3 is 0 Å². The van der Waals surface area contributed by atoms with Crippen molar-refractivity contribution in [1.82, 2.24) is 4.90 Å². The smallest absolute Gasteiger partial charge is 0.0590 e. The maximum Gasteiger partial charge on any atom is 0.0590 e. The molecule has 4 heteroatoms. The lowest BCUT2D eigenvalue weighted by atomic mass is 9.94. The molecule has 0 saturated heterocycles. The van der Waals surface area contributed by atoms with Gasteiger partial charge in [0.05, 0.1) is 12.6 Å². The Balaban J connectivity index is 3.16. The Bertz CT molecular complexity index is 414. The number of methoxy groups -OCH3 is 1. The molecule has 2 N–H and O–H groups in total. The van der Waals surface area contributed by atoms with E-state index in [2.05, 4.69) is 31.7 Å². The van der Waals surface area contributed by atoms with Crippen LogP contribution in [0.4, 0.5) is 0 Å². The molecule has 120 valence electrons. The fourth-order valence-electron chi connectivity index (χ4n) is 2.66. The van der Waals surface area contributed by atoms with Gasteiger partial charge in [-0.15, -0.1) is 0 Å². The second kappa shape index (κ2) is 9.42. The van der Waals surface area contributed by atoms with Crippen molar-refractivity contribution in [1.29, 1.82) is 0 Å². The summed E-state index contributed by atoms with van der Waals surface area (Å²) >= 11 is 6.43. The van der Waals surface area contributed by atoms with Crippen molar-refractivity contribution in [2.45, 2.75) is 51.7 Å². The summed E-state index contributed by atoms with van der Waals surface area (Å²) in [6.45, 7) is 8.12. The lowest BCUT2D eigenvalue weighted by Crippen LogP contribution is -2.46. The van der Waals surface area contributed by atoms with E-state index in [0.29, 0.717) is 12.6 Å². The molecule has 1 rings (SSSR count). The van der Waals surface area contributed by atoms with Crippen molar-refractivity contribution < 1.29 is 4.74 Å². The van der Waals surface area contributed by atoms with Gasteiger partial charge in [0, 0.05) is 30.8 Å². The molecule has 3 nitrogen and oxygen atoms in total. The zero-order valence-corrected chi connectivity index (χ0v) is 14.4. The largest absolute Gasteiger partial charge is 0.383 e. The molecular weight excluding hydrogens is 284 g/mol. The SMILES string of the molecule is CCC(N)C(c1ccccc1Cl)N(CCOC)C(C)CC. The second-order valence-electron chi connectivity index (χ2n) is 5.53. The predicted molar refractivity (Wildman–Crippen MR) is 90.8 cm³/mol. The standard InChI is InChI=1S/C17H29ClN2O/c1-5-13(3)20(11-12-21-4)17(16(19)6-2)14-9-7-8-10-15(14)18/h7-10,13,16-17H,5-6,11-12,19H2,1-4H3. The first kappa shape index (κ1) is 18.4. The van der Waals surface area contributed by atoms with E-state index in [1.165, 1.54) is 0 Å². The minimum absolute atomic E-state index is 0.0516. The van der Waals surface area contributed by atoms with Crippen LogP contribution in [0.25, 0.3) is 0 Å². The monoisotopic (exact) mass is 312 g/mol. The van der Waals surface area contributed by atoms with Gasteiger partial charge in [0.15, 0.2) is 0 Å². The van der Waals surface area contributed by atoms with Gasteiger partial charge in [-0.05, 0) is 31.4 Å². The minimum atomic E-state index is 0.0516. The van der Waals surface area contributed by atoms with Crippen molar-refractivity contribution in [2.75, 3.05) is 20.3 Å². The van der Waals surface area contributed by atoms with Crippen molar-refractivity contribution in [3.05, 3.63) is 34.9 Å². The Morgan fingerprint density at radius 3 is 2.43 bits per heavy atom. The minimum Gasteiger partial charge on any atom is -0.383 e. The van der Waals surface area contributed by atoms with Crippen molar-refractivity contribution >= 4 is 11.6 Å². The fourth-order valence-corrected chi connectivity index (χ4v) is 2.91. The van der Waals surface area contributed by atoms with Crippen LogP contribution in [0.3, 0.4) is 0 Å². The van der Waals surface area contributed by atoms with Crippen LogP contribution in [-0.2, 0) is 4.74 Å². The maximum absolute atomic E-state index is 6.44. The Hall–Kier alpha value is -0.610. The first-order chi connectivity index (χ1) is 10.1. The van der Waals surface area contributed by atoms with Gasteiger partial charge in [-0.25, -0.2) is 0 Å². The van der Waals surface area contributed by atoms with Crippen LogP contribution in [0.2, 0.25) is 5.02 Å². The van der Waals surface area contributed by atoms with Crippen LogP contribution in [0.15, 0.2) is 24.3 Å². The molecule has 0 saturated carbocycles. The Morgan fingerprint density at radius 1 is 1.24 bits per heavy atom. The van der Waals surface area contributed by atoms with Gasteiger partial charge in [-0.1, -0.05) is 43.6 Å². The first-order valence-electron chi connectivity index (χ1n) is 7.81. The highest BCUT2D eigenvalue weighted by atomic mass is 35.5. The van der Waals surface area contributed by atoms with Gasteiger partial charge < -0.3 is 10.5 Å². The number of hydrogen-bond donors (Lipinski definition) is 1. The van der Waals surface area contributed by atoms with Crippen LogP contribution >= 0.6 is 11.6 Å². The number of nitrogens with zero attached hydrogens (tertiary/aromatic N) is 1. The van der Waals surface area contributed by atoms with E-state index in [9.17, 15) is 0 Å². The lowest BCUT2D eigenvalue weighted by molar-refractivity contribution is 0.0755. The molecule has 3 atom stereocenters. The lowest BCUT2D eigenvalue weighted by Gasteiger charge is -2.39. The van der Waals surface area contributed by atoms with Gasteiger partial charge in [0.1, 0.15) is 0 Å². The molecule has 3 unspecified atom stereocenters. The van der Waals surface area contributed by atoms with Gasteiger partial charge in [-0.2, -0.15) is 0 Å². The van der Waals surface area contributed by atoms with E-state index in [1.54, 1.807) is 7.11 Å². The Labute approximate surface area is 134 Å². The Morgan fingerprint density at radius 2 is 1.90 bits per heavy atom. The van der Waals surface area contributed by atoms with E-state index in [0.717, 1.165) is 30.0 Å². The normalized spacial score (nSPS) is 16.0. The number of halogens is 1. The third kappa shape index (κ3) is 4.96. The van der Waals surface area contributed by atoms with Crippen LogP contribution in [-0.4, -0.2) is 37.2 Å². The number of rotatable bonds is 9. The van der Waals surface area contributed by atoms with Gasteiger partial charge in [0.2, 0.25) is 0 Å². The maximum atomic E-state index is 6.44. The molecule has 0 amide bonds. The number of ether oxygens (including phenoxy) is 1. The fraction of sp³-hybridized carbons (Fsp3) is 0.647. The molecule has 0 bridgehead atoms. The van der Waals surface area contributed by atoms with E-state index in [-0.39, 0.29) is 12.1 Å². The molecule has 0 aliphatic carbocycles. The molecular formula is C17H29ClN2O. The summed E-state index contributed by atoms with van der Waals surface area (Å²) in [4.78, 5) is 2.43. The molecule has 0 fully saturated rings. The van der Waals surface area contributed by atoms with Gasteiger partial charge in [-0.3, -0.25) is 4.90 Å². The molecule has 0 aliphatic rings. The predicted octanol–water partition coefficient (Wildman–Crippen LogP) is 3.87. The summed E-state index contributed by atoms with van der Waals surface area (Å²) in [5.41, 5.74) is 7.56. The summed E-state index contributed by atoms with van der Waals surface area (Å²) < 4.78 is 5.28. The molecule has 0 spiro atoms. The summed E-state index contributed by atoms with van der Waals surface area (Å²) in [5.74, 6) is 0. The van der Waals surface area contributed by atoms with E-state index >= 15 is 0 Å². The summed E-state index contributed by atoms with van der Waals surface area (Å²) in [5, 5.41) is 0.789. The number of benzene rings is 1. The highest BCUT2D eigenvalue weighted by Crippen LogP contribution is 2.32. The highest BCUT2D eigenvalue weighted by molar-refractivity contribution is 6.31. The summed E-state index contributed by atoms with van der Waals surface area (Å²) in [7, 11) is 1.74. The highest BCUT2D eigenvalue weighted by Gasteiger charge is 2.29. The van der Waals surface area contributed by atoms with Crippen LogP contribution in [0.1, 0.15) is 45.2 Å². The molecule has 0 aromatic heterocycles. The van der Waals surface area contributed by atoms with Crippen molar-refractivity contribution in [2.24, 2.45) is 5.73 Å². The van der Waals surface area contributed by atoms with Crippen LogP contribution < -0.4 is 5.73 Å². The first-order valence-corrected chi connectivity index (χ1v) is 8.19. The zero-order chi connectivity index (χ0) is 15.8. The van der Waals surface area contributed by atoms with Crippen LogP contribution in [0, 0.1) is 0 Å². The Kier molecular flexibility index (Phi) is 8.27. The third-order valence-corrected chi connectivity index (χ3v) is 4.51. The molecule has 1 aromatic carbocycles. The van der Waals surface area contributed by atoms with E-state index < -0.39 is 0 Å². The average Bonchev–Trinajstić information content (AvgIpc) is 2.51. The quantitative estimate of drug-likeness (QED) is 0.752. The topological polar surface area (TPSA) is 38.5 Å². The molecule has 0 heterocycles. The molecule has 0 aliphatic heterocycles. The third-order valence-electron chi connectivity index (χ3n) is 4.17. The summed E-state index contributed by atoms with van der Waals surface area (Å²) in [6.07, 6.45) is 1.98. The number of nitrogens with two attached hydrogens (primary N) is 1. The van der Waals surface area contributed by atoms with Gasteiger partial charge in [0.25, 0.3) is 0 Å². The molecule has 21 heavy (non-hydrogen) atoms. The second-order valence-corrected chi connectivity index (χ2v) is 5.93. The number of hydrogen-bond acceptors (Lipinski definition) is 3. The summed E-state index contributed by atoms with van der Waals surface area (Å²) in [6, 6.07) is 8.62. The van der Waals surface area contributed by atoms with Crippen molar-refractivity contribution in [3.63, 3.8) is 0 Å².